The highest BCUT2D eigenvalue weighted by Crippen LogP contribution is 2.37. The third kappa shape index (κ3) is 3.36. The average Bonchev–Trinajstić information content (AvgIpc) is 3.18. The van der Waals surface area contributed by atoms with Gasteiger partial charge in [0.05, 0.1) is 29.5 Å². The van der Waals surface area contributed by atoms with Gasteiger partial charge in [-0.15, -0.1) is 0 Å². The highest BCUT2D eigenvalue weighted by Gasteiger charge is 2.38. The molecule has 1 aliphatic carbocycles. The van der Waals surface area contributed by atoms with E-state index in [1.54, 1.807) is 17.9 Å². The zero-order chi connectivity index (χ0) is 16.6. The molecule has 2 aromatic rings. The van der Waals surface area contributed by atoms with Crippen LogP contribution in [-0.2, 0) is 6.18 Å². The summed E-state index contributed by atoms with van der Waals surface area (Å²) in [7, 11) is 0. The maximum absolute atomic E-state index is 12.9. The fraction of sp³-hybridized carbons (Fsp3) is 0.400. The Balaban J connectivity index is 1.90. The smallest absolute Gasteiger partial charge is 0.327 e. The summed E-state index contributed by atoms with van der Waals surface area (Å²) in [4.78, 5) is 14.2. The Kier molecular flexibility index (Phi) is 4.09. The number of hydrogen-bond acceptors (Lipinski definition) is 4. The Bertz CT molecular complexity index is 698. The second-order valence-electron chi connectivity index (χ2n) is 5.54. The van der Waals surface area contributed by atoms with Crippen LogP contribution in [0.3, 0.4) is 0 Å². The number of aromatic nitrogens is 2. The molecule has 1 atom stereocenters. The van der Waals surface area contributed by atoms with Gasteiger partial charge in [-0.1, -0.05) is 12.1 Å². The van der Waals surface area contributed by atoms with Crippen LogP contribution in [0.5, 0.6) is 0 Å². The van der Waals surface area contributed by atoms with E-state index in [2.05, 4.69) is 8.75 Å². The number of carbonyl (C=O) groups excluding carboxylic acids is 1. The molecule has 122 valence electrons. The lowest BCUT2D eigenvalue weighted by Crippen LogP contribution is -2.35. The largest absolute Gasteiger partial charge is 0.416 e. The summed E-state index contributed by atoms with van der Waals surface area (Å²) >= 11 is 0.935. The van der Waals surface area contributed by atoms with E-state index in [1.165, 1.54) is 12.3 Å². The van der Waals surface area contributed by atoms with Gasteiger partial charge in [-0.25, -0.2) is 0 Å². The number of hydrogen-bond donors (Lipinski definition) is 0. The molecule has 0 N–H and O–H groups in total. The zero-order valence-corrected chi connectivity index (χ0v) is 13.1. The van der Waals surface area contributed by atoms with Gasteiger partial charge in [-0.3, -0.25) is 4.79 Å². The Morgan fingerprint density at radius 2 is 2.13 bits per heavy atom. The molecule has 0 spiro atoms. The Morgan fingerprint density at radius 1 is 1.39 bits per heavy atom. The van der Waals surface area contributed by atoms with E-state index in [9.17, 15) is 18.0 Å². The van der Waals surface area contributed by atoms with E-state index in [1.807, 2.05) is 0 Å². The van der Waals surface area contributed by atoms with Gasteiger partial charge in [0.25, 0.3) is 5.91 Å². The minimum Gasteiger partial charge on any atom is -0.327 e. The molecule has 0 unspecified atom stereocenters. The van der Waals surface area contributed by atoms with Gasteiger partial charge in [0.2, 0.25) is 0 Å². The standard InChI is InChI=1S/C15H14F3N3OS/c1-9(10-3-2-4-11(7-10)15(16,17)18)21(12-5-6-12)14(22)13-8-19-23-20-13/h2-4,7-9,12H,5-6H2,1H3/t9-/m0/s1. The lowest BCUT2D eigenvalue weighted by Gasteiger charge is -2.29. The SMILES string of the molecule is C[C@@H](c1cccc(C(F)(F)F)c1)N(C(=O)c1cnsn1)C1CC1. The molecule has 4 nitrogen and oxygen atoms in total. The first kappa shape index (κ1) is 15.9. The van der Waals surface area contributed by atoms with E-state index < -0.39 is 17.8 Å². The van der Waals surface area contributed by atoms with Crippen molar-refractivity contribution in [1.82, 2.24) is 13.6 Å². The monoisotopic (exact) mass is 341 g/mol. The Morgan fingerprint density at radius 3 is 2.70 bits per heavy atom. The molecule has 3 rings (SSSR count). The van der Waals surface area contributed by atoms with Gasteiger partial charge < -0.3 is 4.90 Å². The van der Waals surface area contributed by atoms with Crippen LogP contribution < -0.4 is 0 Å². The van der Waals surface area contributed by atoms with Crippen molar-refractivity contribution in [2.75, 3.05) is 0 Å². The van der Waals surface area contributed by atoms with Crippen molar-refractivity contribution >= 4 is 17.6 Å². The third-order valence-electron chi connectivity index (χ3n) is 3.87. The summed E-state index contributed by atoms with van der Waals surface area (Å²) < 4.78 is 46.4. The molecule has 1 aromatic carbocycles. The first-order valence-corrected chi connectivity index (χ1v) is 7.88. The van der Waals surface area contributed by atoms with Crippen molar-refractivity contribution in [2.24, 2.45) is 0 Å². The van der Waals surface area contributed by atoms with Crippen LogP contribution in [0.15, 0.2) is 30.5 Å². The highest BCUT2D eigenvalue weighted by molar-refractivity contribution is 6.99. The van der Waals surface area contributed by atoms with Crippen LogP contribution in [-0.4, -0.2) is 25.6 Å². The summed E-state index contributed by atoms with van der Waals surface area (Å²) in [5.74, 6) is -0.286. The Labute approximate surface area is 135 Å². The van der Waals surface area contributed by atoms with Crippen LogP contribution in [0.4, 0.5) is 13.2 Å². The molecule has 1 amide bonds. The molecule has 8 heteroatoms. The molecule has 0 radical (unpaired) electrons. The van der Waals surface area contributed by atoms with E-state index in [4.69, 9.17) is 0 Å². The lowest BCUT2D eigenvalue weighted by atomic mass is 10.0. The van der Waals surface area contributed by atoms with Crippen molar-refractivity contribution in [3.05, 3.63) is 47.3 Å². The number of nitrogens with zero attached hydrogens (tertiary/aromatic N) is 3. The maximum atomic E-state index is 12.9. The third-order valence-corrected chi connectivity index (χ3v) is 4.35. The minimum absolute atomic E-state index is 0.0498. The van der Waals surface area contributed by atoms with Gasteiger partial charge >= 0.3 is 6.18 Å². The van der Waals surface area contributed by atoms with Crippen LogP contribution in [0.1, 0.15) is 47.4 Å². The fourth-order valence-corrected chi connectivity index (χ4v) is 2.94. The van der Waals surface area contributed by atoms with Crippen molar-refractivity contribution in [3.63, 3.8) is 0 Å². The summed E-state index contributed by atoms with van der Waals surface area (Å²) in [5.41, 5.74) is -0.00985. The van der Waals surface area contributed by atoms with Gasteiger partial charge in [-0.05, 0) is 37.5 Å². The molecule has 1 heterocycles. The summed E-state index contributed by atoms with van der Waals surface area (Å²) in [5, 5.41) is 0. The lowest BCUT2D eigenvalue weighted by molar-refractivity contribution is -0.137. The van der Waals surface area contributed by atoms with Gasteiger partial charge in [0, 0.05) is 6.04 Å². The van der Waals surface area contributed by atoms with Crippen LogP contribution in [0, 0.1) is 0 Å². The van der Waals surface area contributed by atoms with Gasteiger partial charge in [-0.2, -0.15) is 21.9 Å². The molecule has 1 fully saturated rings. The van der Waals surface area contributed by atoms with Crippen molar-refractivity contribution in [3.8, 4) is 0 Å². The van der Waals surface area contributed by atoms with Crippen LogP contribution in [0.2, 0.25) is 0 Å². The van der Waals surface area contributed by atoms with E-state index in [0.29, 0.717) is 5.56 Å². The fourth-order valence-electron chi connectivity index (χ4n) is 2.54. The molecule has 0 aliphatic heterocycles. The number of halogens is 3. The molecular formula is C15H14F3N3OS. The number of rotatable bonds is 4. The Hall–Kier alpha value is -1.96. The van der Waals surface area contributed by atoms with Crippen molar-refractivity contribution in [1.29, 1.82) is 0 Å². The average molecular weight is 341 g/mol. The number of benzene rings is 1. The summed E-state index contributed by atoms with van der Waals surface area (Å²) in [6.45, 7) is 1.74. The van der Waals surface area contributed by atoms with E-state index in [0.717, 1.165) is 36.7 Å². The predicted molar refractivity (Wildman–Crippen MR) is 79.0 cm³/mol. The molecule has 0 bridgehead atoms. The topological polar surface area (TPSA) is 46.1 Å². The summed E-state index contributed by atoms with van der Waals surface area (Å²) in [6, 6.07) is 4.71. The predicted octanol–water partition coefficient (Wildman–Crippen LogP) is 3.92. The molecular weight excluding hydrogens is 327 g/mol. The van der Waals surface area contributed by atoms with Crippen LogP contribution >= 0.6 is 11.7 Å². The first-order chi connectivity index (χ1) is 10.9. The van der Waals surface area contributed by atoms with Crippen molar-refractivity contribution < 1.29 is 18.0 Å². The number of alkyl halides is 3. The normalized spacial score (nSPS) is 16.2. The molecule has 1 aliphatic rings. The maximum Gasteiger partial charge on any atom is 0.416 e. The van der Waals surface area contributed by atoms with E-state index >= 15 is 0 Å². The molecule has 23 heavy (non-hydrogen) atoms. The number of amides is 1. The summed E-state index contributed by atoms with van der Waals surface area (Å²) in [6.07, 6.45) is -1.30. The first-order valence-electron chi connectivity index (χ1n) is 7.15. The van der Waals surface area contributed by atoms with Crippen molar-refractivity contribution in [2.45, 2.75) is 38.0 Å². The molecule has 1 saturated carbocycles. The second-order valence-corrected chi connectivity index (χ2v) is 6.09. The zero-order valence-electron chi connectivity index (χ0n) is 12.2. The minimum atomic E-state index is -4.40. The molecule has 0 saturated heterocycles. The van der Waals surface area contributed by atoms with Gasteiger partial charge in [0.1, 0.15) is 0 Å². The quantitative estimate of drug-likeness (QED) is 0.847. The van der Waals surface area contributed by atoms with Gasteiger partial charge in [0.15, 0.2) is 5.69 Å². The molecule has 1 aromatic heterocycles. The van der Waals surface area contributed by atoms with E-state index in [-0.39, 0.29) is 17.6 Å². The van der Waals surface area contributed by atoms with Crippen LogP contribution in [0.25, 0.3) is 0 Å². The highest BCUT2D eigenvalue weighted by atomic mass is 32.1. The number of carbonyl (C=O) groups is 1. The second kappa shape index (κ2) is 5.92.